The lowest BCUT2D eigenvalue weighted by atomic mass is 9.90. The second kappa shape index (κ2) is 5.32. The first-order chi connectivity index (χ1) is 7.86. The van der Waals surface area contributed by atoms with E-state index >= 15 is 0 Å². The molecule has 0 amide bonds. The number of benzene rings is 1. The third kappa shape index (κ3) is 2.20. The molecule has 0 saturated carbocycles. The normalized spacial score (nSPS) is 21.0. The van der Waals surface area contributed by atoms with Crippen LogP contribution in [0.5, 0.6) is 5.75 Å². The molecule has 1 aliphatic rings. The van der Waals surface area contributed by atoms with Gasteiger partial charge in [-0.15, -0.1) is 0 Å². The van der Waals surface area contributed by atoms with Crippen molar-refractivity contribution in [2.45, 2.75) is 25.4 Å². The van der Waals surface area contributed by atoms with Crippen molar-refractivity contribution in [2.24, 2.45) is 0 Å². The van der Waals surface area contributed by atoms with Crippen LogP contribution in [0.1, 0.15) is 24.8 Å². The van der Waals surface area contributed by atoms with Crippen molar-refractivity contribution in [1.29, 1.82) is 0 Å². The smallest absolute Gasteiger partial charge is 0.122 e. The van der Waals surface area contributed by atoms with Gasteiger partial charge in [-0.3, -0.25) is 0 Å². The zero-order valence-electron chi connectivity index (χ0n) is 9.99. The summed E-state index contributed by atoms with van der Waals surface area (Å²) in [6, 6.07) is 8.34. The van der Waals surface area contributed by atoms with Crippen LogP contribution < -0.4 is 15.4 Å². The number of nitrogens with one attached hydrogen (secondary N) is 2. The minimum absolute atomic E-state index is 0.329. The number of likely N-dealkylation sites (N-methyl/N-ethyl adjacent to an activating group) is 2. The maximum atomic E-state index is 5.67. The number of ether oxygens (including phenoxy) is 1. The van der Waals surface area contributed by atoms with E-state index in [2.05, 4.69) is 35.8 Å². The Balaban J connectivity index is 2.23. The van der Waals surface area contributed by atoms with Crippen LogP contribution in [0.4, 0.5) is 0 Å². The van der Waals surface area contributed by atoms with Crippen molar-refractivity contribution in [3.05, 3.63) is 29.8 Å². The third-order valence-corrected chi connectivity index (χ3v) is 3.14. The van der Waals surface area contributed by atoms with E-state index in [0.29, 0.717) is 12.1 Å². The van der Waals surface area contributed by atoms with E-state index in [0.717, 1.165) is 25.3 Å². The van der Waals surface area contributed by atoms with E-state index < -0.39 is 0 Å². The first-order valence-electron chi connectivity index (χ1n) is 5.99. The second-order valence-corrected chi connectivity index (χ2v) is 4.11. The van der Waals surface area contributed by atoms with Crippen LogP contribution in [0, 0.1) is 0 Å². The highest BCUT2D eigenvalue weighted by Crippen LogP contribution is 2.34. The largest absolute Gasteiger partial charge is 0.493 e. The molecule has 0 bridgehead atoms. The molecule has 1 heterocycles. The Morgan fingerprint density at radius 1 is 1.44 bits per heavy atom. The molecule has 3 heteroatoms. The lowest BCUT2D eigenvalue weighted by Crippen LogP contribution is -2.46. The average Bonchev–Trinajstić information content (AvgIpc) is 2.35. The van der Waals surface area contributed by atoms with Gasteiger partial charge in [-0.25, -0.2) is 0 Å². The van der Waals surface area contributed by atoms with Crippen LogP contribution in [-0.2, 0) is 0 Å². The van der Waals surface area contributed by atoms with Crippen LogP contribution in [0.2, 0.25) is 0 Å². The minimum atomic E-state index is 0.329. The topological polar surface area (TPSA) is 33.3 Å². The Labute approximate surface area is 97.2 Å². The number of hydrogen-bond donors (Lipinski definition) is 2. The second-order valence-electron chi connectivity index (χ2n) is 4.11. The molecule has 88 valence electrons. The van der Waals surface area contributed by atoms with Crippen molar-refractivity contribution in [3.8, 4) is 5.75 Å². The number of rotatable bonds is 4. The standard InChI is InChI=1S/C13H20N2O/c1-3-15-13(14-2)11-8-9-16-12-7-5-4-6-10(11)12/h4-7,11,13-15H,3,8-9H2,1-2H3. The van der Waals surface area contributed by atoms with Gasteiger partial charge in [-0.05, 0) is 26.1 Å². The zero-order valence-corrected chi connectivity index (χ0v) is 9.99. The van der Waals surface area contributed by atoms with Gasteiger partial charge in [0.1, 0.15) is 5.75 Å². The van der Waals surface area contributed by atoms with Gasteiger partial charge >= 0.3 is 0 Å². The lowest BCUT2D eigenvalue weighted by molar-refractivity contribution is 0.237. The van der Waals surface area contributed by atoms with E-state index in [1.165, 1.54) is 5.56 Å². The maximum Gasteiger partial charge on any atom is 0.122 e. The molecule has 2 atom stereocenters. The summed E-state index contributed by atoms with van der Waals surface area (Å²) in [6.45, 7) is 3.92. The van der Waals surface area contributed by atoms with Crippen LogP contribution in [-0.4, -0.2) is 26.4 Å². The van der Waals surface area contributed by atoms with Crippen molar-refractivity contribution < 1.29 is 4.74 Å². The van der Waals surface area contributed by atoms with Crippen LogP contribution in [0.25, 0.3) is 0 Å². The predicted molar refractivity (Wildman–Crippen MR) is 65.8 cm³/mol. The Kier molecular flexibility index (Phi) is 3.80. The summed E-state index contributed by atoms with van der Waals surface area (Å²) in [4.78, 5) is 0. The quantitative estimate of drug-likeness (QED) is 0.758. The Morgan fingerprint density at radius 3 is 3.00 bits per heavy atom. The lowest BCUT2D eigenvalue weighted by Gasteiger charge is -2.32. The molecule has 3 nitrogen and oxygen atoms in total. The summed E-state index contributed by atoms with van der Waals surface area (Å²) in [5, 5.41) is 6.82. The van der Waals surface area contributed by atoms with Crippen molar-refractivity contribution in [2.75, 3.05) is 20.2 Å². The Hall–Kier alpha value is -1.06. The first kappa shape index (κ1) is 11.4. The Bertz CT molecular complexity index is 340. The van der Waals surface area contributed by atoms with Crippen LogP contribution in [0.15, 0.2) is 24.3 Å². The summed E-state index contributed by atoms with van der Waals surface area (Å²) in [6.07, 6.45) is 1.39. The van der Waals surface area contributed by atoms with Crippen molar-refractivity contribution in [1.82, 2.24) is 10.6 Å². The zero-order chi connectivity index (χ0) is 11.4. The van der Waals surface area contributed by atoms with E-state index in [-0.39, 0.29) is 0 Å². The fraction of sp³-hybridized carbons (Fsp3) is 0.538. The van der Waals surface area contributed by atoms with E-state index in [1.807, 2.05) is 13.1 Å². The molecule has 0 aliphatic carbocycles. The monoisotopic (exact) mass is 220 g/mol. The van der Waals surface area contributed by atoms with E-state index in [9.17, 15) is 0 Å². The Morgan fingerprint density at radius 2 is 2.25 bits per heavy atom. The molecule has 1 aliphatic heterocycles. The van der Waals surface area contributed by atoms with Gasteiger partial charge in [0.15, 0.2) is 0 Å². The summed E-state index contributed by atoms with van der Waals surface area (Å²) < 4.78 is 5.67. The highest BCUT2D eigenvalue weighted by molar-refractivity contribution is 5.38. The molecule has 0 radical (unpaired) electrons. The summed E-state index contributed by atoms with van der Waals surface area (Å²) >= 11 is 0. The van der Waals surface area contributed by atoms with Gasteiger partial charge in [0.2, 0.25) is 0 Å². The molecular formula is C13H20N2O. The average molecular weight is 220 g/mol. The molecule has 0 saturated heterocycles. The predicted octanol–water partition coefficient (Wildman–Crippen LogP) is 1.71. The van der Waals surface area contributed by atoms with Crippen molar-refractivity contribution >= 4 is 0 Å². The molecule has 0 fully saturated rings. The molecule has 1 aromatic rings. The number of para-hydroxylation sites is 1. The van der Waals surface area contributed by atoms with Gasteiger partial charge in [0, 0.05) is 11.5 Å². The van der Waals surface area contributed by atoms with Gasteiger partial charge in [-0.1, -0.05) is 25.1 Å². The molecule has 16 heavy (non-hydrogen) atoms. The minimum Gasteiger partial charge on any atom is -0.493 e. The summed E-state index contributed by atoms with van der Waals surface area (Å²) in [5.74, 6) is 1.53. The fourth-order valence-electron chi connectivity index (χ4n) is 2.38. The number of fused-ring (bicyclic) bond motifs is 1. The molecule has 0 spiro atoms. The molecule has 1 aromatic carbocycles. The molecular weight excluding hydrogens is 200 g/mol. The fourth-order valence-corrected chi connectivity index (χ4v) is 2.38. The van der Waals surface area contributed by atoms with Gasteiger partial charge in [0.05, 0.1) is 12.8 Å². The van der Waals surface area contributed by atoms with Gasteiger partial charge in [0.25, 0.3) is 0 Å². The highest BCUT2D eigenvalue weighted by atomic mass is 16.5. The first-order valence-corrected chi connectivity index (χ1v) is 5.99. The molecule has 0 aromatic heterocycles. The molecule has 2 N–H and O–H groups in total. The highest BCUT2D eigenvalue weighted by Gasteiger charge is 2.27. The summed E-state index contributed by atoms with van der Waals surface area (Å²) in [7, 11) is 2.01. The number of hydrogen-bond acceptors (Lipinski definition) is 3. The van der Waals surface area contributed by atoms with Gasteiger partial charge in [-0.2, -0.15) is 0 Å². The maximum absolute atomic E-state index is 5.67. The van der Waals surface area contributed by atoms with Crippen molar-refractivity contribution in [3.63, 3.8) is 0 Å². The van der Waals surface area contributed by atoms with E-state index in [4.69, 9.17) is 4.74 Å². The van der Waals surface area contributed by atoms with Crippen LogP contribution >= 0.6 is 0 Å². The molecule has 2 unspecified atom stereocenters. The van der Waals surface area contributed by atoms with Gasteiger partial charge < -0.3 is 15.4 Å². The molecule has 2 rings (SSSR count). The van der Waals surface area contributed by atoms with Crippen LogP contribution in [0.3, 0.4) is 0 Å². The summed E-state index contributed by atoms with van der Waals surface area (Å²) in [5.41, 5.74) is 1.31. The van der Waals surface area contributed by atoms with E-state index in [1.54, 1.807) is 0 Å². The third-order valence-electron chi connectivity index (χ3n) is 3.14. The SMILES string of the molecule is CCNC(NC)C1CCOc2ccccc21.